The summed E-state index contributed by atoms with van der Waals surface area (Å²) in [7, 11) is 0. The van der Waals surface area contributed by atoms with Gasteiger partial charge in [-0.15, -0.1) is 5.10 Å². The van der Waals surface area contributed by atoms with E-state index in [2.05, 4.69) is 43.9 Å². The molecule has 3 aliphatic rings. The van der Waals surface area contributed by atoms with Crippen LogP contribution in [0, 0.1) is 5.41 Å². The number of likely N-dealkylation sites (tertiary alicyclic amines) is 1. The predicted octanol–water partition coefficient (Wildman–Crippen LogP) is 3.42. The minimum absolute atomic E-state index is 0.112. The van der Waals surface area contributed by atoms with Crippen molar-refractivity contribution in [2.24, 2.45) is 5.41 Å². The molecule has 2 saturated carbocycles. The van der Waals surface area contributed by atoms with Crippen LogP contribution < -0.4 is 5.32 Å². The van der Waals surface area contributed by atoms with Crippen molar-refractivity contribution >= 4 is 22.8 Å². The van der Waals surface area contributed by atoms with E-state index in [9.17, 15) is 4.79 Å². The van der Waals surface area contributed by atoms with Crippen LogP contribution in [-0.2, 0) is 4.79 Å². The Bertz CT molecular complexity index is 1090. The largest absolute Gasteiger partial charge is 0.408 e. The van der Waals surface area contributed by atoms with E-state index in [1.54, 1.807) is 0 Å². The van der Waals surface area contributed by atoms with Gasteiger partial charge in [0.2, 0.25) is 11.8 Å². The van der Waals surface area contributed by atoms with Crippen molar-refractivity contribution in [2.45, 2.75) is 56.9 Å². The predicted molar refractivity (Wildman–Crippen MR) is 111 cm³/mol. The molecule has 2 aliphatic carbocycles. The molecule has 1 amide bonds. The minimum Gasteiger partial charge on any atom is -0.408 e. The number of carbonyl (C=O) groups is 1. The second kappa shape index (κ2) is 6.55. The van der Waals surface area contributed by atoms with Gasteiger partial charge in [-0.3, -0.25) is 9.89 Å². The maximum Gasteiger partial charge on any atom is 0.316 e. The summed E-state index contributed by atoms with van der Waals surface area (Å²) in [5.41, 5.74) is 2.89. The Morgan fingerprint density at radius 1 is 1.23 bits per heavy atom. The van der Waals surface area contributed by atoms with Crippen LogP contribution >= 0.6 is 0 Å². The zero-order valence-corrected chi connectivity index (χ0v) is 17.1. The Balaban J connectivity index is 1.09. The monoisotopic (exact) mass is 406 g/mol. The number of rotatable bonds is 5. The van der Waals surface area contributed by atoms with E-state index in [-0.39, 0.29) is 17.9 Å². The van der Waals surface area contributed by atoms with Crippen molar-refractivity contribution in [3.8, 4) is 0 Å². The standard InChI is InChI=1S/C22H26N6O2/c1-13(20(29)28-9-7-22(5-6-22)8-10-28)24-21-27-26-19(30-21)17-11-16(17)15-4-2-3-14-12-23-25-18(14)15/h2-4,12-13,16-17H,5-11H2,1H3,(H,23,25)(H,24,27)/t13-,16?,17?/m0/s1. The first-order valence-electron chi connectivity index (χ1n) is 10.9. The molecule has 6 rings (SSSR count). The highest BCUT2D eigenvalue weighted by atomic mass is 16.4. The van der Waals surface area contributed by atoms with Gasteiger partial charge < -0.3 is 14.6 Å². The molecule has 8 nitrogen and oxygen atoms in total. The highest BCUT2D eigenvalue weighted by Gasteiger charge is 2.46. The third-order valence-corrected chi connectivity index (χ3v) is 7.26. The van der Waals surface area contributed by atoms with Crippen LogP contribution in [0.25, 0.3) is 10.9 Å². The van der Waals surface area contributed by atoms with Crippen LogP contribution in [0.1, 0.15) is 62.3 Å². The van der Waals surface area contributed by atoms with Gasteiger partial charge in [0.1, 0.15) is 6.04 Å². The summed E-state index contributed by atoms with van der Waals surface area (Å²) in [5.74, 6) is 1.31. The van der Waals surface area contributed by atoms with E-state index >= 15 is 0 Å². The fourth-order valence-electron chi connectivity index (χ4n) is 4.95. The summed E-state index contributed by atoms with van der Waals surface area (Å²) in [6.07, 6.45) is 7.78. The van der Waals surface area contributed by atoms with E-state index in [1.165, 1.54) is 18.4 Å². The Labute approximate surface area is 174 Å². The quantitative estimate of drug-likeness (QED) is 0.673. The second-order valence-corrected chi connectivity index (χ2v) is 9.27. The Morgan fingerprint density at radius 2 is 2.07 bits per heavy atom. The molecule has 2 unspecified atom stereocenters. The summed E-state index contributed by atoms with van der Waals surface area (Å²) in [4.78, 5) is 14.8. The normalized spacial score (nSPS) is 25.4. The van der Waals surface area contributed by atoms with Gasteiger partial charge in [-0.2, -0.15) is 5.10 Å². The third kappa shape index (κ3) is 3.05. The number of hydrogen-bond donors (Lipinski definition) is 2. The number of aromatic amines is 1. The summed E-state index contributed by atoms with van der Waals surface area (Å²) < 4.78 is 5.87. The lowest BCUT2D eigenvalue weighted by Gasteiger charge is -2.33. The van der Waals surface area contributed by atoms with Crippen LogP contribution in [0.15, 0.2) is 28.8 Å². The maximum absolute atomic E-state index is 12.8. The molecule has 1 aliphatic heterocycles. The molecule has 3 aromatic rings. The van der Waals surface area contributed by atoms with Gasteiger partial charge in [0.25, 0.3) is 0 Å². The van der Waals surface area contributed by atoms with E-state index in [0.29, 0.717) is 23.2 Å². The highest BCUT2D eigenvalue weighted by Crippen LogP contribution is 2.55. The van der Waals surface area contributed by atoms with Crippen LogP contribution in [0.2, 0.25) is 0 Å². The lowest BCUT2D eigenvalue weighted by atomic mass is 9.93. The number of nitrogens with zero attached hydrogens (tertiary/aromatic N) is 4. The lowest BCUT2D eigenvalue weighted by molar-refractivity contribution is -0.133. The van der Waals surface area contributed by atoms with Gasteiger partial charge in [0.05, 0.1) is 11.7 Å². The molecule has 3 heterocycles. The van der Waals surface area contributed by atoms with E-state index in [0.717, 1.165) is 43.3 Å². The van der Waals surface area contributed by atoms with Crippen LogP contribution in [0.4, 0.5) is 6.01 Å². The Hall–Kier alpha value is -2.90. The summed E-state index contributed by atoms with van der Waals surface area (Å²) >= 11 is 0. The average molecular weight is 406 g/mol. The van der Waals surface area contributed by atoms with Crippen molar-refractivity contribution < 1.29 is 9.21 Å². The number of fused-ring (bicyclic) bond motifs is 1. The molecule has 2 N–H and O–H groups in total. The van der Waals surface area contributed by atoms with Gasteiger partial charge in [-0.1, -0.05) is 23.3 Å². The summed E-state index contributed by atoms with van der Waals surface area (Å²) in [6, 6.07) is 6.19. The number of para-hydroxylation sites is 1. The molecule has 8 heteroatoms. The molecule has 3 atom stereocenters. The smallest absolute Gasteiger partial charge is 0.316 e. The molecule has 30 heavy (non-hydrogen) atoms. The number of piperidine rings is 1. The van der Waals surface area contributed by atoms with E-state index in [1.807, 2.05) is 18.0 Å². The summed E-state index contributed by atoms with van der Waals surface area (Å²) in [5, 5.41) is 19.9. The van der Waals surface area contributed by atoms with E-state index < -0.39 is 0 Å². The number of H-pyrrole nitrogens is 1. The molecule has 2 aromatic heterocycles. The number of hydrogen-bond acceptors (Lipinski definition) is 6. The molecule has 0 bridgehead atoms. The van der Waals surface area contributed by atoms with Crippen molar-refractivity contribution in [1.82, 2.24) is 25.3 Å². The lowest BCUT2D eigenvalue weighted by Crippen LogP contribution is -2.45. The van der Waals surface area contributed by atoms with Crippen molar-refractivity contribution in [1.29, 1.82) is 0 Å². The van der Waals surface area contributed by atoms with Gasteiger partial charge >= 0.3 is 6.01 Å². The average Bonchev–Trinajstić information content (AvgIpc) is 3.60. The molecular weight excluding hydrogens is 380 g/mol. The first kappa shape index (κ1) is 17.9. The van der Waals surface area contributed by atoms with Gasteiger partial charge in [-0.05, 0) is 55.9 Å². The van der Waals surface area contributed by atoms with Gasteiger partial charge in [0, 0.05) is 24.4 Å². The zero-order chi connectivity index (χ0) is 20.3. The third-order valence-electron chi connectivity index (χ3n) is 7.26. The fourth-order valence-corrected chi connectivity index (χ4v) is 4.95. The first-order valence-corrected chi connectivity index (χ1v) is 10.9. The molecule has 0 radical (unpaired) electrons. The van der Waals surface area contributed by atoms with Crippen molar-refractivity contribution in [2.75, 3.05) is 18.4 Å². The van der Waals surface area contributed by atoms with Crippen LogP contribution in [0.5, 0.6) is 0 Å². The van der Waals surface area contributed by atoms with Crippen LogP contribution in [0.3, 0.4) is 0 Å². The highest BCUT2D eigenvalue weighted by molar-refractivity contribution is 5.84. The molecule has 156 valence electrons. The molecular formula is C22H26N6O2. The number of carbonyl (C=O) groups excluding carboxylic acids is 1. The number of nitrogens with one attached hydrogen (secondary N) is 2. The zero-order valence-electron chi connectivity index (χ0n) is 17.1. The molecule has 1 spiro atoms. The Kier molecular flexibility index (Phi) is 3.91. The van der Waals surface area contributed by atoms with Gasteiger partial charge in [-0.25, -0.2) is 0 Å². The number of aromatic nitrogens is 4. The SMILES string of the molecule is C[C@H](Nc1nnc(C2CC2c2cccc3cn[nH]c23)o1)C(=O)N1CCC2(CC1)CC2. The maximum atomic E-state index is 12.8. The van der Waals surface area contributed by atoms with Crippen LogP contribution in [-0.4, -0.2) is 50.3 Å². The number of anilines is 1. The molecule has 1 saturated heterocycles. The molecule has 3 fully saturated rings. The van der Waals surface area contributed by atoms with Gasteiger partial charge in [0.15, 0.2) is 0 Å². The summed E-state index contributed by atoms with van der Waals surface area (Å²) in [6.45, 7) is 3.60. The number of benzene rings is 1. The second-order valence-electron chi connectivity index (χ2n) is 9.27. The first-order chi connectivity index (χ1) is 14.6. The van der Waals surface area contributed by atoms with E-state index in [4.69, 9.17) is 4.42 Å². The minimum atomic E-state index is -0.375. The van der Waals surface area contributed by atoms with Crippen molar-refractivity contribution in [3.05, 3.63) is 35.9 Å². The topological polar surface area (TPSA) is 99.9 Å². The Morgan fingerprint density at radius 3 is 2.87 bits per heavy atom. The molecule has 1 aromatic carbocycles. The van der Waals surface area contributed by atoms with Crippen molar-refractivity contribution in [3.63, 3.8) is 0 Å². The fraction of sp³-hybridized carbons (Fsp3) is 0.545. The number of amides is 1.